The number of imide groups is 2. The van der Waals surface area contributed by atoms with Crippen molar-refractivity contribution in [1.29, 1.82) is 0 Å². The van der Waals surface area contributed by atoms with E-state index in [1.54, 1.807) is 0 Å². The van der Waals surface area contributed by atoms with Crippen LogP contribution in [0.2, 0.25) is 0 Å². The maximum absolute atomic E-state index is 11.4. The number of rotatable bonds is 3. The second-order valence-electron chi connectivity index (χ2n) is 3.03. The van der Waals surface area contributed by atoms with E-state index in [2.05, 4.69) is 5.43 Å². The molecule has 1 rings (SSSR count). The van der Waals surface area contributed by atoms with Crippen molar-refractivity contribution < 1.29 is 24.0 Å². The van der Waals surface area contributed by atoms with Crippen molar-refractivity contribution in [3.63, 3.8) is 0 Å². The van der Waals surface area contributed by atoms with Gasteiger partial charge in [0.1, 0.15) is 0 Å². The highest BCUT2D eigenvalue weighted by Crippen LogP contribution is 2.06. The molecule has 0 atom stereocenters. The third-order valence-electron chi connectivity index (χ3n) is 1.90. The molecule has 4 N–H and O–H groups in total. The molecule has 0 spiro atoms. The fourth-order valence-electron chi connectivity index (χ4n) is 1.07. The number of barbiturate groups is 1. The zero-order valence-electron chi connectivity index (χ0n) is 8.72. The van der Waals surface area contributed by atoms with Crippen molar-refractivity contribution >= 4 is 29.7 Å². The molecular weight excluding hydrogens is 234 g/mol. The summed E-state index contributed by atoms with van der Waals surface area (Å²) in [6, 6.07) is -1.91. The van der Waals surface area contributed by atoms with Crippen LogP contribution < -0.4 is 16.6 Å². The second-order valence-corrected chi connectivity index (χ2v) is 3.03. The van der Waals surface area contributed by atoms with Gasteiger partial charge in [-0.25, -0.2) is 19.9 Å². The van der Waals surface area contributed by atoms with Gasteiger partial charge in [-0.3, -0.25) is 24.7 Å². The van der Waals surface area contributed by atoms with Crippen LogP contribution in [0.1, 0.15) is 0 Å². The summed E-state index contributed by atoms with van der Waals surface area (Å²) < 4.78 is 0. The van der Waals surface area contributed by atoms with E-state index in [4.69, 9.17) is 5.73 Å². The number of hydrazine groups is 1. The zero-order valence-corrected chi connectivity index (χ0v) is 8.72. The number of urea groups is 2. The lowest BCUT2D eigenvalue weighted by Crippen LogP contribution is -2.62. The lowest BCUT2D eigenvalue weighted by atomic mass is 10.2. The van der Waals surface area contributed by atoms with Gasteiger partial charge in [0.2, 0.25) is 0 Å². The summed E-state index contributed by atoms with van der Waals surface area (Å²) in [6.07, 6.45) is 0. The van der Waals surface area contributed by atoms with E-state index in [1.165, 1.54) is 0 Å². The predicted molar refractivity (Wildman–Crippen MR) is 50.7 cm³/mol. The molecule has 0 aromatic heterocycles. The number of nitrogens with zero attached hydrogens (tertiary/aromatic N) is 2. The Hall–Kier alpha value is -2.49. The average Bonchev–Trinajstić information content (AvgIpc) is 2.28. The van der Waals surface area contributed by atoms with Crippen molar-refractivity contribution in [3.8, 4) is 0 Å². The number of amides is 6. The smallest absolute Gasteiger partial charge is 0.335 e. The number of carbonyl (C=O) groups is 5. The Kier molecular flexibility index (Phi) is 3.38. The summed E-state index contributed by atoms with van der Waals surface area (Å²) in [7, 11) is 1.06. The molecule has 0 aliphatic carbocycles. The lowest BCUT2D eigenvalue weighted by Gasteiger charge is -2.28. The van der Waals surface area contributed by atoms with E-state index in [0.29, 0.717) is 9.80 Å². The molecule has 1 aliphatic heterocycles. The Morgan fingerprint density at radius 2 is 1.82 bits per heavy atom. The van der Waals surface area contributed by atoms with Crippen LogP contribution in [0.4, 0.5) is 9.59 Å². The number of likely N-dealkylation sites (N-methyl/N-ethyl adjacent to an activating group) is 1. The minimum atomic E-state index is -1.33. The third kappa shape index (κ3) is 2.36. The second kappa shape index (κ2) is 4.57. The highest BCUT2D eigenvalue weighted by atomic mass is 16.2. The van der Waals surface area contributed by atoms with E-state index >= 15 is 0 Å². The first-order chi connectivity index (χ1) is 7.86. The number of ketones is 1. The van der Waals surface area contributed by atoms with Crippen LogP contribution in [0, 0.1) is 0 Å². The van der Waals surface area contributed by atoms with Gasteiger partial charge in [-0.05, 0) is 0 Å². The molecule has 0 saturated carbocycles. The number of hydrogen-bond acceptors (Lipinski definition) is 6. The number of primary amides is 1. The Morgan fingerprint density at radius 3 is 2.35 bits per heavy atom. The summed E-state index contributed by atoms with van der Waals surface area (Å²) in [5.41, 5.74) is 8.77. The quantitative estimate of drug-likeness (QED) is 0.358. The molecule has 0 unspecified atom stereocenters. The Bertz CT molecular complexity index is 419. The molecule has 0 bridgehead atoms. The molecule has 0 aromatic carbocycles. The van der Waals surface area contributed by atoms with Crippen molar-refractivity contribution in [1.82, 2.24) is 20.7 Å². The van der Waals surface area contributed by atoms with E-state index in [9.17, 15) is 24.0 Å². The van der Waals surface area contributed by atoms with Gasteiger partial charge in [0.05, 0.1) is 6.67 Å². The van der Waals surface area contributed by atoms with Gasteiger partial charge in [-0.15, -0.1) is 0 Å². The summed E-state index contributed by atoms with van der Waals surface area (Å²) in [6.45, 7) is -0.482. The number of hydrogen-bond donors (Lipinski definition) is 3. The van der Waals surface area contributed by atoms with Crippen LogP contribution in [-0.2, 0) is 14.4 Å². The first-order valence-corrected chi connectivity index (χ1v) is 4.32. The summed E-state index contributed by atoms with van der Waals surface area (Å²) in [5, 5.41) is 0. The van der Waals surface area contributed by atoms with Crippen molar-refractivity contribution in [3.05, 3.63) is 0 Å². The normalized spacial score (nSPS) is 16.5. The van der Waals surface area contributed by atoms with Crippen LogP contribution >= 0.6 is 0 Å². The molecule has 1 fully saturated rings. The molecule has 17 heavy (non-hydrogen) atoms. The highest BCUT2D eigenvalue weighted by molar-refractivity contribution is 6.66. The fraction of sp³-hybridized carbons (Fsp3) is 0.286. The van der Waals surface area contributed by atoms with Crippen LogP contribution in [0.15, 0.2) is 0 Å². The van der Waals surface area contributed by atoms with Gasteiger partial charge in [0, 0.05) is 7.05 Å². The first kappa shape index (κ1) is 12.6. The number of nitrogens with one attached hydrogen (secondary N) is 2. The fourth-order valence-corrected chi connectivity index (χ4v) is 1.07. The van der Waals surface area contributed by atoms with E-state index in [1.807, 2.05) is 5.43 Å². The molecule has 1 saturated heterocycles. The molecular formula is C7H9N5O5. The van der Waals surface area contributed by atoms with Crippen LogP contribution in [0.3, 0.4) is 0 Å². The predicted octanol–water partition coefficient (Wildman–Crippen LogP) is -2.89. The van der Waals surface area contributed by atoms with Crippen molar-refractivity contribution in [2.45, 2.75) is 0 Å². The van der Waals surface area contributed by atoms with Crippen LogP contribution in [0.5, 0.6) is 0 Å². The molecule has 1 aliphatic rings. The van der Waals surface area contributed by atoms with Gasteiger partial charge >= 0.3 is 29.7 Å². The van der Waals surface area contributed by atoms with Crippen LogP contribution in [0.25, 0.3) is 0 Å². The van der Waals surface area contributed by atoms with Crippen molar-refractivity contribution in [2.75, 3.05) is 13.7 Å². The summed E-state index contributed by atoms with van der Waals surface area (Å²) >= 11 is 0. The van der Waals surface area contributed by atoms with Crippen LogP contribution in [-0.4, -0.2) is 53.2 Å². The Morgan fingerprint density at radius 1 is 1.24 bits per heavy atom. The minimum absolute atomic E-state index is 0.458. The molecule has 0 aromatic rings. The van der Waals surface area contributed by atoms with Gasteiger partial charge in [-0.1, -0.05) is 0 Å². The van der Waals surface area contributed by atoms with Crippen molar-refractivity contribution in [2.24, 2.45) is 5.73 Å². The monoisotopic (exact) mass is 243 g/mol. The molecule has 10 nitrogen and oxygen atoms in total. The number of nitrogens with two attached hydrogens (primary N) is 1. The summed E-state index contributed by atoms with van der Waals surface area (Å²) in [4.78, 5) is 56.2. The van der Waals surface area contributed by atoms with E-state index in [-0.39, 0.29) is 0 Å². The SMILES string of the molecule is CN1C(=O)C(=O)C(=O)N(CNNC(N)=O)C1=O. The summed E-state index contributed by atoms with van der Waals surface area (Å²) in [5.74, 6) is -3.79. The van der Waals surface area contributed by atoms with Gasteiger partial charge in [-0.2, -0.15) is 0 Å². The molecule has 10 heteroatoms. The lowest BCUT2D eigenvalue weighted by molar-refractivity contribution is -0.154. The maximum Gasteiger partial charge on any atom is 0.335 e. The highest BCUT2D eigenvalue weighted by Gasteiger charge is 2.42. The van der Waals surface area contributed by atoms with Gasteiger partial charge in [0.15, 0.2) is 0 Å². The number of carbonyl (C=O) groups excluding carboxylic acids is 5. The van der Waals surface area contributed by atoms with Gasteiger partial charge in [0.25, 0.3) is 0 Å². The minimum Gasteiger partial charge on any atom is -0.351 e. The van der Waals surface area contributed by atoms with E-state index in [0.717, 1.165) is 7.05 Å². The van der Waals surface area contributed by atoms with E-state index < -0.39 is 36.3 Å². The average molecular weight is 243 g/mol. The Labute approximate surface area is 94.7 Å². The first-order valence-electron chi connectivity index (χ1n) is 4.32. The Balaban J connectivity index is 2.73. The number of Topliss-reactive ketones (excluding diaryl/α,β-unsaturated/α-hetero) is 1. The molecule has 0 radical (unpaired) electrons. The third-order valence-corrected chi connectivity index (χ3v) is 1.90. The molecule has 92 valence electrons. The largest absolute Gasteiger partial charge is 0.351 e. The molecule has 1 heterocycles. The van der Waals surface area contributed by atoms with Gasteiger partial charge < -0.3 is 5.73 Å². The maximum atomic E-state index is 11.4. The zero-order chi connectivity index (χ0) is 13.2. The topological polar surface area (TPSA) is 142 Å². The standard InChI is InChI=1S/C7H9N5O5/c1-11-4(14)3(13)5(15)12(7(11)17)2-9-10-6(8)16/h9H,2H2,1H3,(H3,8,10,16). The molecule has 6 amide bonds.